The van der Waals surface area contributed by atoms with Crippen molar-refractivity contribution in [3.8, 4) is 0 Å². The van der Waals surface area contributed by atoms with E-state index in [0.29, 0.717) is 0 Å². The average molecular weight is 146 g/mol. The van der Waals surface area contributed by atoms with Gasteiger partial charge >= 0.3 is 6.09 Å². The molecule has 0 radical (unpaired) electrons. The molecule has 2 unspecified atom stereocenters. The average Bonchev–Trinajstić information content (AvgIpc) is 1.85. The molecule has 5 nitrogen and oxygen atoms in total. The van der Waals surface area contributed by atoms with E-state index in [1.807, 2.05) is 0 Å². The number of amides is 1. The van der Waals surface area contributed by atoms with Crippen molar-refractivity contribution in [1.29, 1.82) is 0 Å². The Balaban J connectivity index is 3.71. The first kappa shape index (κ1) is 8.87. The van der Waals surface area contributed by atoms with Crippen molar-refractivity contribution in [3.05, 3.63) is 4.91 Å². The van der Waals surface area contributed by atoms with Crippen LogP contribution < -0.4 is 5.73 Å². The van der Waals surface area contributed by atoms with Crippen LogP contribution in [0.1, 0.15) is 13.8 Å². The third-order valence-electron chi connectivity index (χ3n) is 1.15. The number of nitrogens with two attached hydrogens (primary N) is 1. The monoisotopic (exact) mass is 146 g/mol. The number of carbonyl (C=O) groups excluding carboxylic acids is 1. The maximum Gasteiger partial charge on any atom is 0.404 e. The predicted molar refractivity (Wildman–Crippen MR) is 35.4 cm³/mol. The van der Waals surface area contributed by atoms with Crippen LogP contribution in [0, 0.1) is 4.91 Å². The van der Waals surface area contributed by atoms with Gasteiger partial charge in [0, 0.05) is 0 Å². The molecule has 2 atom stereocenters. The molecule has 0 saturated heterocycles. The minimum absolute atomic E-state index is 0.546. The van der Waals surface area contributed by atoms with Crippen LogP contribution in [0.3, 0.4) is 0 Å². The van der Waals surface area contributed by atoms with Crippen molar-refractivity contribution in [2.24, 2.45) is 10.9 Å². The number of primary amides is 1. The van der Waals surface area contributed by atoms with E-state index >= 15 is 0 Å². The van der Waals surface area contributed by atoms with E-state index < -0.39 is 18.2 Å². The fourth-order valence-electron chi connectivity index (χ4n) is 0.367. The Morgan fingerprint density at radius 3 is 2.40 bits per heavy atom. The maximum absolute atomic E-state index is 10.1. The Kier molecular flexibility index (Phi) is 3.38. The third-order valence-corrected chi connectivity index (χ3v) is 1.15. The molecular weight excluding hydrogens is 136 g/mol. The number of carbonyl (C=O) groups is 1. The van der Waals surface area contributed by atoms with Crippen LogP contribution in [-0.4, -0.2) is 18.2 Å². The highest BCUT2D eigenvalue weighted by atomic mass is 16.6. The van der Waals surface area contributed by atoms with Gasteiger partial charge < -0.3 is 10.5 Å². The Bertz CT molecular complexity index is 137. The van der Waals surface area contributed by atoms with E-state index in [4.69, 9.17) is 0 Å². The molecule has 0 rings (SSSR count). The first-order chi connectivity index (χ1) is 4.57. The first-order valence-corrected chi connectivity index (χ1v) is 2.86. The van der Waals surface area contributed by atoms with Gasteiger partial charge in [-0.3, -0.25) is 0 Å². The lowest BCUT2D eigenvalue weighted by molar-refractivity contribution is 0.105. The van der Waals surface area contributed by atoms with Crippen molar-refractivity contribution in [3.63, 3.8) is 0 Å². The zero-order valence-corrected chi connectivity index (χ0v) is 5.90. The first-order valence-electron chi connectivity index (χ1n) is 2.86. The van der Waals surface area contributed by atoms with E-state index in [1.54, 1.807) is 13.8 Å². The highest BCUT2D eigenvalue weighted by molar-refractivity contribution is 5.64. The second kappa shape index (κ2) is 3.81. The van der Waals surface area contributed by atoms with Crippen molar-refractivity contribution in [1.82, 2.24) is 0 Å². The van der Waals surface area contributed by atoms with Gasteiger partial charge in [-0.05, 0) is 13.8 Å². The summed E-state index contributed by atoms with van der Waals surface area (Å²) in [6.45, 7) is 3.09. The SMILES string of the molecule is CC(N=O)C(C)OC(N)=O. The lowest BCUT2D eigenvalue weighted by Gasteiger charge is -2.11. The van der Waals surface area contributed by atoms with Crippen LogP contribution >= 0.6 is 0 Å². The smallest absolute Gasteiger partial charge is 0.404 e. The molecule has 0 bridgehead atoms. The summed E-state index contributed by atoms with van der Waals surface area (Å²) in [6, 6.07) is -0.549. The molecule has 0 aromatic heterocycles. The number of hydrogen-bond donors (Lipinski definition) is 1. The van der Waals surface area contributed by atoms with Crippen LogP contribution in [-0.2, 0) is 4.74 Å². The largest absolute Gasteiger partial charge is 0.444 e. The molecule has 0 aliphatic rings. The molecular formula is C5H10N2O3. The number of nitrogens with zero attached hydrogens (tertiary/aromatic N) is 1. The summed E-state index contributed by atoms with van der Waals surface area (Å²) in [4.78, 5) is 19.9. The number of nitroso groups, excluding NO2 is 1. The Morgan fingerprint density at radius 1 is 1.60 bits per heavy atom. The molecule has 0 aromatic carbocycles. The number of hydrogen-bond acceptors (Lipinski definition) is 4. The third kappa shape index (κ3) is 3.01. The van der Waals surface area contributed by atoms with Crippen LogP contribution in [0.4, 0.5) is 4.79 Å². The minimum Gasteiger partial charge on any atom is -0.444 e. The summed E-state index contributed by atoms with van der Waals surface area (Å²) >= 11 is 0. The standard InChI is InChI=1S/C5H10N2O3/c1-3(7-9)4(2)10-5(6)8/h3-4H,1-2H3,(H2,6,8). The van der Waals surface area contributed by atoms with Crippen molar-refractivity contribution < 1.29 is 9.53 Å². The highest BCUT2D eigenvalue weighted by Crippen LogP contribution is 2.00. The summed E-state index contributed by atoms with van der Waals surface area (Å²) in [6.07, 6.45) is -1.43. The molecule has 0 heterocycles. The van der Waals surface area contributed by atoms with Gasteiger partial charge in [0.1, 0.15) is 12.1 Å². The molecule has 5 heteroatoms. The van der Waals surface area contributed by atoms with Gasteiger partial charge in [-0.1, -0.05) is 5.18 Å². The van der Waals surface area contributed by atoms with Gasteiger partial charge in [0.15, 0.2) is 0 Å². The van der Waals surface area contributed by atoms with Gasteiger partial charge in [-0.2, -0.15) is 4.91 Å². The number of ether oxygens (including phenoxy) is 1. The predicted octanol–water partition coefficient (Wildman–Crippen LogP) is 0.625. The normalized spacial score (nSPS) is 15.4. The van der Waals surface area contributed by atoms with Gasteiger partial charge in [0.2, 0.25) is 0 Å². The molecule has 0 aromatic rings. The van der Waals surface area contributed by atoms with Crippen molar-refractivity contribution >= 4 is 6.09 Å². The van der Waals surface area contributed by atoms with Crippen LogP contribution in [0.2, 0.25) is 0 Å². The fourth-order valence-corrected chi connectivity index (χ4v) is 0.367. The maximum atomic E-state index is 10.1. The lowest BCUT2D eigenvalue weighted by Crippen LogP contribution is -2.27. The summed E-state index contributed by atoms with van der Waals surface area (Å²) in [5, 5.41) is 2.66. The summed E-state index contributed by atoms with van der Waals surface area (Å²) < 4.78 is 4.45. The molecule has 0 aliphatic heterocycles. The molecule has 2 N–H and O–H groups in total. The Labute approximate surface area is 58.5 Å². The highest BCUT2D eigenvalue weighted by Gasteiger charge is 2.14. The zero-order valence-electron chi connectivity index (χ0n) is 5.90. The number of rotatable bonds is 3. The van der Waals surface area contributed by atoms with Crippen molar-refractivity contribution in [2.75, 3.05) is 0 Å². The molecule has 0 aliphatic carbocycles. The molecule has 10 heavy (non-hydrogen) atoms. The van der Waals surface area contributed by atoms with Gasteiger partial charge in [0.05, 0.1) is 0 Å². The minimum atomic E-state index is -0.886. The molecule has 1 amide bonds. The molecule has 0 spiro atoms. The van der Waals surface area contributed by atoms with E-state index in [-0.39, 0.29) is 0 Å². The Morgan fingerprint density at radius 2 is 2.10 bits per heavy atom. The van der Waals surface area contributed by atoms with Gasteiger partial charge in [-0.25, -0.2) is 4.79 Å². The second-order valence-corrected chi connectivity index (χ2v) is 1.99. The molecule has 0 fully saturated rings. The zero-order chi connectivity index (χ0) is 8.15. The van der Waals surface area contributed by atoms with E-state index in [2.05, 4.69) is 15.6 Å². The lowest BCUT2D eigenvalue weighted by atomic mass is 10.2. The topological polar surface area (TPSA) is 81.8 Å². The van der Waals surface area contributed by atoms with Crippen LogP contribution in [0.25, 0.3) is 0 Å². The van der Waals surface area contributed by atoms with E-state index in [0.717, 1.165) is 0 Å². The summed E-state index contributed by atoms with van der Waals surface area (Å²) in [5.74, 6) is 0. The van der Waals surface area contributed by atoms with E-state index in [1.165, 1.54) is 0 Å². The quantitative estimate of drug-likeness (QED) is 0.592. The van der Waals surface area contributed by atoms with Gasteiger partial charge in [0.25, 0.3) is 0 Å². The van der Waals surface area contributed by atoms with E-state index in [9.17, 15) is 9.70 Å². The van der Waals surface area contributed by atoms with Crippen molar-refractivity contribution in [2.45, 2.75) is 26.0 Å². The van der Waals surface area contributed by atoms with Crippen LogP contribution in [0.15, 0.2) is 5.18 Å². The molecule has 0 saturated carbocycles. The summed E-state index contributed by atoms with van der Waals surface area (Å²) in [5.41, 5.74) is 4.68. The second-order valence-electron chi connectivity index (χ2n) is 1.99. The van der Waals surface area contributed by atoms with Crippen LogP contribution in [0.5, 0.6) is 0 Å². The fraction of sp³-hybridized carbons (Fsp3) is 0.800. The Hall–Kier alpha value is -1.13. The van der Waals surface area contributed by atoms with Gasteiger partial charge in [-0.15, -0.1) is 0 Å². The summed E-state index contributed by atoms with van der Waals surface area (Å²) in [7, 11) is 0. The molecule has 58 valence electrons.